The number of amides is 1. The fraction of sp³-hybridized carbons (Fsp3) is 0.278. The van der Waals surface area contributed by atoms with E-state index < -0.39 is 6.04 Å². The highest BCUT2D eigenvalue weighted by Gasteiger charge is 2.16. The molecule has 3 rings (SSSR count). The fourth-order valence-corrected chi connectivity index (χ4v) is 3.54. The third-order valence-corrected chi connectivity index (χ3v) is 5.18. The van der Waals surface area contributed by atoms with Crippen LogP contribution in [-0.2, 0) is 24.2 Å². The molecule has 4 nitrogen and oxygen atoms in total. The van der Waals surface area contributed by atoms with Crippen LogP contribution in [0.25, 0.3) is 10.9 Å². The van der Waals surface area contributed by atoms with Crippen LogP contribution in [0.4, 0.5) is 0 Å². The number of hydrogen-bond donors (Lipinski definition) is 3. The Morgan fingerprint density at radius 1 is 1.25 bits per heavy atom. The van der Waals surface area contributed by atoms with Crippen molar-refractivity contribution < 1.29 is 4.79 Å². The monoisotopic (exact) mass is 363 g/mol. The molecule has 0 fully saturated rings. The van der Waals surface area contributed by atoms with Crippen LogP contribution in [0.2, 0.25) is 0 Å². The third-order valence-electron chi connectivity index (χ3n) is 3.95. The van der Waals surface area contributed by atoms with Gasteiger partial charge in [-0.25, -0.2) is 0 Å². The number of benzene rings is 1. The molecule has 1 atom stereocenters. The van der Waals surface area contributed by atoms with Gasteiger partial charge in [0.2, 0.25) is 5.91 Å². The van der Waals surface area contributed by atoms with E-state index in [-0.39, 0.29) is 18.3 Å². The Balaban J connectivity index is 0.00000208. The summed E-state index contributed by atoms with van der Waals surface area (Å²) in [6.07, 6.45) is 3.49. The summed E-state index contributed by atoms with van der Waals surface area (Å²) in [5.41, 5.74) is 8.22. The van der Waals surface area contributed by atoms with Crippen molar-refractivity contribution >= 4 is 40.6 Å². The van der Waals surface area contributed by atoms with Gasteiger partial charge in [-0.1, -0.05) is 25.1 Å². The lowest BCUT2D eigenvalue weighted by atomic mass is 10.1. The van der Waals surface area contributed by atoms with E-state index in [1.54, 1.807) is 11.3 Å². The Hall–Kier alpha value is -1.82. The van der Waals surface area contributed by atoms with Gasteiger partial charge in [0, 0.05) is 26.9 Å². The number of halogens is 1. The highest BCUT2D eigenvalue weighted by molar-refractivity contribution is 7.11. The zero-order valence-electron chi connectivity index (χ0n) is 13.5. The molecule has 0 radical (unpaired) electrons. The lowest BCUT2D eigenvalue weighted by molar-refractivity contribution is -0.122. The molecule has 0 saturated carbocycles. The highest BCUT2D eigenvalue weighted by atomic mass is 35.5. The molecule has 2 heterocycles. The van der Waals surface area contributed by atoms with Crippen LogP contribution >= 0.6 is 23.7 Å². The molecule has 0 bridgehead atoms. The zero-order chi connectivity index (χ0) is 16.2. The topological polar surface area (TPSA) is 70.9 Å². The molecule has 1 aromatic carbocycles. The number of nitrogens with one attached hydrogen (secondary N) is 2. The number of rotatable bonds is 6. The molecule has 24 heavy (non-hydrogen) atoms. The van der Waals surface area contributed by atoms with Crippen LogP contribution in [0.3, 0.4) is 0 Å². The van der Waals surface area contributed by atoms with E-state index in [0.717, 1.165) is 27.8 Å². The summed E-state index contributed by atoms with van der Waals surface area (Å²) < 4.78 is 0. The van der Waals surface area contributed by atoms with Crippen molar-refractivity contribution in [2.45, 2.75) is 32.4 Å². The first kappa shape index (κ1) is 18.5. The number of thiophene rings is 1. The van der Waals surface area contributed by atoms with Gasteiger partial charge in [-0.05, 0) is 36.6 Å². The summed E-state index contributed by atoms with van der Waals surface area (Å²) in [6, 6.07) is 11.7. The van der Waals surface area contributed by atoms with Crippen molar-refractivity contribution in [1.29, 1.82) is 0 Å². The minimum Gasteiger partial charge on any atom is -0.361 e. The largest absolute Gasteiger partial charge is 0.361 e. The second kappa shape index (κ2) is 8.33. The van der Waals surface area contributed by atoms with E-state index in [1.807, 2.05) is 30.5 Å². The number of aromatic nitrogens is 1. The minimum absolute atomic E-state index is 0. The van der Waals surface area contributed by atoms with Gasteiger partial charge in [0.05, 0.1) is 12.6 Å². The van der Waals surface area contributed by atoms with E-state index in [0.29, 0.717) is 13.0 Å². The van der Waals surface area contributed by atoms with E-state index in [9.17, 15) is 4.79 Å². The molecule has 6 heteroatoms. The summed E-state index contributed by atoms with van der Waals surface area (Å²) in [5.74, 6) is -0.110. The quantitative estimate of drug-likeness (QED) is 0.628. The maximum Gasteiger partial charge on any atom is 0.237 e. The van der Waals surface area contributed by atoms with Crippen molar-refractivity contribution in [3.63, 3.8) is 0 Å². The number of fused-ring (bicyclic) bond motifs is 1. The highest BCUT2D eigenvalue weighted by Crippen LogP contribution is 2.19. The number of carbonyl (C=O) groups excluding carboxylic acids is 1. The Labute approximate surface area is 151 Å². The second-order valence-electron chi connectivity index (χ2n) is 5.61. The van der Waals surface area contributed by atoms with Crippen LogP contribution in [0.1, 0.15) is 22.2 Å². The van der Waals surface area contributed by atoms with Gasteiger partial charge in [0.15, 0.2) is 0 Å². The fourth-order valence-electron chi connectivity index (χ4n) is 2.64. The summed E-state index contributed by atoms with van der Waals surface area (Å²) in [7, 11) is 0. The lowest BCUT2D eigenvalue weighted by Gasteiger charge is -2.11. The molecule has 0 aliphatic heterocycles. The normalized spacial score (nSPS) is 11.9. The maximum atomic E-state index is 12.2. The SMILES string of the molecule is CCc1ccc(CNC(=O)[C@@H](N)Cc2c[nH]c3ccccc23)s1.Cl. The van der Waals surface area contributed by atoms with Crippen molar-refractivity contribution in [1.82, 2.24) is 10.3 Å². The van der Waals surface area contributed by atoms with Gasteiger partial charge in [-0.2, -0.15) is 0 Å². The molecule has 2 aromatic heterocycles. The van der Waals surface area contributed by atoms with Crippen LogP contribution in [0.15, 0.2) is 42.6 Å². The number of aromatic amines is 1. The number of para-hydroxylation sites is 1. The van der Waals surface area contributed by atoms with Gasteiger partial charge in [0.1, 0.15) is 0 Å². The first-order chi connectivity index (χ1) is 11.2. The van der Waals surface area contributed by atoms with Gasteiger partial charge in [-0.3, -0.25) is 4.79 Å². The Morgan fingerprint density at radius 3 is 2.75 bits per heavy atom. The first-order valence-electron chi connectivity index (χ1n) is 7.83. The molecule has 128 valence electrons. The standard InChI is InChI=1S/C18H21N3OS.ClH/c1-2-13-7-8-14(23-13)11-21-18(22)16(19)9-12-10-20-17-6-4-3-5-15(12)17;/h3-8,10,16,20H,2,9,11,19H2,1H3,(H,21,22);1H/t16-;/m0./s1. The van der Waals surface area contributed by atoms with E-state index in [1.165, 1.54) is 4.88 Å². The molecular formula is C18H22ClN3OS. The maximum absolute atomic E-state index is 12.2. The van der Waals surface area contributed by atoms with Gasteiger partial charge in [-0.15, -0.1) is 23.7 Å². The predicted octanol–water partition coefficient (Wildman–Crippen LogP) is 3.40. The summed E-state index contributed by atoms with van der Waals surface area (Å²) in [4.78, 5) is 17.9. The molecule has 0 spiro atoms. The molecule has 0 saturated heterocycles. The Kier molecular flexibility index (Phi) is 6.43. The van der Waals surface area contributed by atoms with E-state index in [4.69, 9.17) is 5.73 Å². The van der Waals surface area contributed by atoms with Crippen LogP contribution in [0.5, 0.6) is 0 Å². The van der Waals surface area contributed by atoms with Crippen molar-refractivity contribution in [3.8, 4) is 0 Å². The van der Waals surface area contributed by atoms with Gasteiger partial charge in [0.25, 0.3) is 0 Å². The average molecular weight is 364 g/mol. The second-order valence-corrected chi connectivity index (χ2v) is 6.86. The molecule has 0 aliphatic carbocycles. The zero-order valence-corrected chi connectivity index (χ0v) is 15.2. The van der Waals surface area contributed by atoms with Crippen molar-refractivity contribution in [2.24, 2.45) is 5.73 Å². The van der Waals surface area contributed by atoms with Crippen LogP contribution in [-0.4, -0.2) is 16.9 Å². The summed E-state index contributed by atoms with van der Waals surface area (Å²) in [5, 5.41) is 4.06. The number of aryl methyl sites for hydroxylation is 1. The molecular weight excluding hydrogens is 342 g/mol. The van der Waals surface area contributed by atoms with Crippen LogP contribution in [0, 0.1) is 0 Å². The lowest BCUT2D eigenvalue weighted by Crippen LogP contribution is -2.41. The summed E-state index contributed by atoms with van der Waals surface area (Å²) >= 11 is 1.73. The number of H-pyrrole nitrogens is 1. The van der Waals surface area contributed by atoms with Crippen LogP contribution < -0.4 is 11.1 Å². The molecule has 1 amide bonds. The Bertz CT molecular complexity index is 811. The number of hydrogen-bond acceptors (Lipinski definition) is 3. The smallest absolute Gasteiger partial charge is 0.237 e. The van der Waals surface area contributed by atoms with E-state index in [2.05, 4.69) is 29.4 Å². The minimum atomic E-state index is -0.542. The summed E-state index contributed by atoms with van der Waals surface area (Å²) in [6.45, 7) is 2.68. The number of nitrogens with two attached hydrogens (primary N) is 1. The van der Waals surface area contributed by atoms with Gasteiger partial charge < -0.3 is 16.0 Å². The number of carbonyl (C=O) groups is 1. The molecule has 0 aliphatic rings. The van der Waals surface area contributed by atoms with Crippen molar-refractivity contribution in [3.05, 3.63) is 57.9 Å². The average Bonchev–Trinajstić information content (AvgIpc) is 3.20. The van der Waals surface area contributed by atoms with Gasteiger partial charge >= 0.3 is 0 Å². The molecule has 0 unspecified atom stereocenters. The van der Waals surface area contributed by atoms with E-state index >= 15 is 0 Å². The Morgan fingerprint density at radius 2 is 2.00 bits per heavy atom. The first-order valence-corrected chi connectivity index (χ1v) is 8.65. The third kappa shape index (κ3) is 4.17. The molecule has 4 N–H and O–H groups in total. The molecule has 3 aromatic rings. The van der Waals surface area contributed by atoms with Crippen molar-refractivity contribution in [2.75, 3.05) is 0 Å². The predicted molar refractivity (Wildman–Crippen MR) is 103 cm³/mol.